The van der Waals surface area contributed by atoms with Crippen molar-refractivity contribution in [3.63, 3.8) is 0 Å². The number of guanidine groups is 1. The molecule has 23 heavy (non-hydrogen) atoms. The molecule has 1 rings (SSSR count). The Morgan fingerprint density at radius 3 is 2.52 bits per heavy atom. The number of aliphatic imine (C=N–C) groups is 1. The highest BCUT2D eigenvalue weighted by atomic mass is 16.5. The SMILES string of the molecule is CN=C(NCCNC(C)(C)C)N(C)CCOc1ccccc1C. The zero-order valence-corrected chi connectivity index (χ0v) is 15.4. The van der Waals surface area contributed by atoms with Crippen molar-refractivity contribution >= 4 is 5.96 Å². The number of hydrogen-bond donors (Lipinski definition) is 2. The van der Waals surface area contributed by atoms with E-state index < -0.39 is 0 Å². The van der Waals surface area contributed by atoms with Gasteiger partial charge in [-0.1, -0.05) is 18.2 Å². The van der Waals surface area contributed by atoms with Crippen molar-refractivity contribution in [3.05, 3.63) is 29.8 Å². The molecular formula is C18H32N4O. The van der Waals surface area contributed by atoms with Crippen molar-refractivity contribution in [1.82, 2.24) is 15.5 Å². The first-order valence-corrected chi connectivity index (χ1v) is 8.19. The second kappa shape index (κ2) is 9.40. The fourth-order valence-corrected chi connectivity index (χ4v) is 2.11. The topological polar surface area (TPSA) is 48.9 Å². The van der Waals surface area contributed by atoms with Crippen molar-refractivity contribution in [1.29, 1.82) is 0 Å². The maximum Gasteiger partial charge on any atom is 0.193 e. The molecule has 5 heteroatoms. The monoisotopic (exact) mass is 320 g/mol. The third-order valence-corrected chi connectivity index (χ3v) is 3.41. The molecule has 0 fully saturated rings. The Balaban J connectivity index is 2.31. The van der Waals surface area contributed by atoms with Crippen molar-refractivity contribution in [2.24, 2.45) is 4.99 Å². The van der Waals surface area contributed by atoms with Gasteiger partial charge in [-0.3, -0.25) is 4.99 Å². The average Bonchev–Trinajstić information content (AvgIpc) is 2.48. The molecule has 0 amide bonds. The smallest absolute Gasteiger partial charge is 0.193 e. The van der Waals surface area contributed by atoms with Crippen molar-refractivity contribution < 1.29 is 4.74 Å². The van der Waals surface area contributed by atoms with Gasteiger partial charge in [-0.15, -0.1) is 0 Å². The molecule has 0 saturated carbocycles. The number of ether oxygens (including phenoxy) is 1. The number of rotatable bonds is 7. The van der Waals surface area contributed by atoms with Gasteiger partial charge in [0.15, 0.2) is 5.96 Å². The summed E-state index contributed by atoms with van der Waals surface area (Å²) in [6.45, 7) is 11.7. The van der Waals surface area contributed by atoms with E-state index in [-0.39, 0.29) is 5.54 Å². The van der Waals surface area contributed by atoms with Gasteiger partial charge < -0.3 is 20.3 Å². The fraction of sp³-hybridized carbons (Fsp3) is 0.611. The third kappa shape index (κ3) is 7.88. The predicted octanol–water partition coefficient (Wildman–Crippen LogP) is 2.27. The largest absolute Gasteiger partial charge is 0.491 e. The lowest BCUT2D eigenvalue weighted by atomic mass is 10.1. The zero-order valence-electron chi connectivity index (χ0n) is 15.4. The van der Waals surface area contributed by atoms with E-state index in [9.17, 15) is 0 Å². The Hall–Kier alpha value is -1.75. The highest BCUT2D eigenvalue weighted by Crippen LogP contribution is 2.15. The van der Waals surface area contributed by atoms with Crippen molar-refractivity contribution in [2.75, 3.05) is 40.3 Å². The highest BCUT2D eigenvalue weighted by Gasteiger charge is 2.09. The lowest BCUT2D eigenvalue weighted by Gasteiger charge is -2.24. The first kappa shape index (κ1) is 19.3. The second-order valence-corrected chi connectivity index (χ2v) is 6.69. The van der Waals surface area contributed by atoms with E-state index in [2.05, 4.69) is 54.3 Å². The Kier molecular flexibility index (Phi) is 7.89. The minimum absolute atomic E-state index is 0.137. The fourth-order valence-electron chi connectivity index (χ4n) is 2.11. The summed E-state index contributed by atoms with van der Waals surface area (Å²) in [6, 6.07) is 8.07. The summed E-state index contributed by atoms with van der Waals surface area (Å²) >= 11 is 0. The van der Waals surface area contributed by atoms with Gasteiger partial charge in [-0.05, 0) is 39.3 Å². The number of nitrogens with one attached hydrogen (secondary N) is 2. The average molecular weight is 320 g/mol. The first-order chi connectivity index (χ1) is 10.8. The van der Waals surface area contributed by atoms with Crippen LogP contribution in [0.25, 0.3) is 0 Å². The summed E-state index contributed by atoms with van der Waals surface area (Å²) in [7, 11) is 3.83. The molecule has 130 valence electrons. The molecule has 0 saturated heterocycles. The summed E-state index contributed by atoms with van der Waals surface area (Å²) in [6.07, 6.45) is 0. The third-order valence-electron chi connectivity index (χ3n) is 3.41. The van der Waals surface area contributed by atoms with E-state index in [0.717, 1.165) is 36.9 Å². The second-order valence-electron chi connectivity index (χ2n) is 6.69. The standard InChI is InChI=1S/C18H32N4O/c1-15-9-7-8-10-16(15)23-14-13-22(6)17(19-5)20-11-12-21-18(2,3)4/h7-10,21H,11-14H2,1-6H3,(H,19,20). The molecule has 0 aliphatic heterocycles. The van der Waals surface area contributed by atoms with E-state index >= 15 is 0 Å². The zero-order chi connectivity index (χ0) is 17.3. The molecule has 0 aromatic heterocycles. The van der Waals surface area contributed by atoms with E-state index in [1.807, 2.05) is 25.2 Å². The lowest BCUT2D eigenvalue weighted by Crippen LogP contribution is -2.45. The summed E-state index contributed by atoms with van der Waals surface area (Å²) in [5, 5.41) is 6.81. The van der Waals surface area contributed by atoms with Crippen LogP contribution >= 0.6 is 0 Å². The van der Waals surface area contributed by atoms with Gasteiger partial charge in [0, 0.05) is 32.7 Å². The van der Waals surface area contributed by atoms with Gasteiger partial charge in [0.05, 0.1) is 6.54 Å². The van der Waals surface area contributed by atoms with E-state index in [4.69, 9.17) is 4.74 Å². The molecule has 0 heterocycles. The van der Waals surface area contributed by atoms with Crippen LogP contribution in [-0.4, -0.2) is 56.7 Å². The molecule has 1 aromatic rings. The van der Waals surface area contributed by atoms with E-state index in [0.29, 0.717) is 6.61 Å². The predicted molar refractivity (Wildman–Crippen MR) is 98.4 cm³/mol. The number of para-hydroxylation sites is 1. The number of benzene rings is 1. The highest BCUT2D eigenvalue weighted by molar-refractivity contribution is 5.79. The Labute approximate surface area is 141 Å². The molecule has 0 aliphatic rings. The van der Waals surface area contributed by atoms with Crippen LogP contribution in [-0.2, 0) is 0 Å². The van der Waals surface area contributed by atoms with Gasteiger partial charge in [0.2, 0.25) is 0 Å². The molecule has 0 bridgehead atoms. The summed E-state index contributed by atoms with van der Waals surface area (Å²) < 4.78 is 5.84. The number of nitrogens with zero attached hydrogens (tertiary/aromatic N) is 2. The first-order valence-electron chi connectivity index (χ1n) is 8.19. The molecule has 0 aliphatic carbocycles. The van der Waals surface area contributed by atoms with Crippen LogP contribution in [0.3, 0.4) is 0 Å². The van der Waals surface area contributed by atoms with Crippen LogP contribution in [0.5, 0.6) is 5.75 Å². The van der Waals surface area contributed by atoms with Gasteiger partial charge in [-0.2, -0.15) is 0 Å². The van der Waals surface area contributed by atoms with Crippen LogP contribution < -0.4 is 15.4 Å². The van der Waals surface area contributed by atoms with Gasteiger partial charge in [0.1, 0.15) is 12.4 Å². The van der Waals surface area contributed by atoms with Crippen molar-refractivity contribution in [3.8, 4) is 5.75 Å². The normalized spacial score (nSPS) is 12.2. The molecule has 0 unspecified atom stereocenters. The van der Waals surface area contributed by atoms with Crippen LogP contribution in [0.4, 0.5) is 0 Å². The van der Waals surface area contributed by atoms with Gasteiger partial charge >= 0.3 is 0 Å². The van der Waals surface area contributed by atoms with Crippen LogP contribution in [0.2, 0.25) is 0 Å². The van der Waals surface area contributed by atoms with Crippen molar-refractivity contribution in [2.45, 2.75) is 33.2 Å². The minimum atomic E-state index is 0.137. The molecule has 0 atom stereocenters. The summed E-state index contributed by atoms with van der Waals surface area (Å²) in [4.78, 5) is 6.39. The van der Waals surface area contributed by atoms with Crippen LogP contribution in [0.1, 0.15) is 26.3 Å². The summed E-state index contributed by atoms with van der Waals surface area (Å²) in [5.41, 5.74) is 1.30. The molecule has 0 spiro atoms. The Morgan fingerprint density at radius 2 is 1.91 bits per heavy atom. The van der Waals surface area contributed by atoms with Gasteiger partial charge in [0.25, 0.3) is 0 Å². The molecule has 0 radical (unpaired) electrons. The van der Waals surface area contributed by atoms with E-state index in [1.54, 1.807) is 7.05 Å². The van der Waals surface area contributed by atoms with Crippen LogP contribution in [0, 0.1) is 6.92 Å². The molecular weight excluding hydrogens is 288 g/mol. The van der Waals surface area contributed by atoms with E-state index in [1.165, 1.54) is 0 Å². The Morgan fingerprint density at radius 1 is 1.22 bits per heavy atom. The molecule has 1 aromatic carbocycles. The number of aryl methyl sites for hydroxylation is 1. The maximum atomic E-state index is 5.84. The lowest BCUT2D eigenvalue weighted by molar-refractivity contribution is 0.280. The maximum absolute atomic E-state index is 5.84. The van der Waals surface area contributed by atoms with Crippen LogP contribution in [0.15, 0.2) is 29.3 Å². The Bertz CT molecular complexity index is 494. The number of likely N-dealkylation sites (N-methyl/N-ethyl adjacent to an activating group) is 1. The quantitative estimate of drug-likeness (QED) is 0.460. The minimum Gasteiger partial charge on any atom is -0.491 e. The molecule has 2 N–H and O–H groups in total. The molecule has 5 nitrogen and oxygen atoms in total. The number of hydrogen-bond acceptors (Lipinski definition) is 3. The van der Waals surface area contributed by atoms with Gasteiger partial charge in [-0.25, -0.2) is 0 Å². The summed E-state index contributed by atoms with van der Waals surface area (Å²) in [5.74, 6) is 1.83.